The lowest BCUT2D eigenvalue weighted by Gasteiger charge is -2.34. The van der Waals surface area contributed by atoms with Gasteiger partial charge in [-0.1, -0.05) is 13.3 Å². The van der Waals surface area contributed by atoms with Crippen molar-refractivity contribution in [3.05, 3.63) is 48.0 Å². The number of Topliss-reactive ketones (excluding diaryl/α,β-unsaturated/α-hetero) is 1. The molecular formula is C23H30N2O5S. The lowest BCUT2D eigenvalue weighted by Crippen LogP contribution is -2.43. The normalized spacial score (nSPS) is 17.2. The smallest absolute Gasteiger partial charge is 0.243 e. The van der Waals surface area contributed by atoms with Crippen molar-refractivity contribution >= 4 is 21.5 Å². The molecule has 2 aromatic carbocycles. The van der Waals surface area contributed by atoms with Gasteiger partial charge in [-0.25, -0.2) is 8.42 Å². The molecule has 1 aliphatic heterocycles. The molecule has 0 radical (unpaired) electrons. The Morgan fingerprint density at radius 3 is 2.42 bits per heavy atom. The van der Waals surface area contributed by atoms with Crippen LogP contribution < -0.4 is 14.8 Å². The van der Waals surface area contributed by atoms with E-state index in [-0.39, 0.29) is 23.3 Å². The van der Waals surface area contributed by atoms with Gasteiger partial charge in [0.1, 0.15) is 0 Å². The Balaban J connectivity index is 1.66. The summed E-state index contributed by atoms with van der Waals surface area (Å²) in [5, 5.41) is 3.06. The Hall–Kier alpha value is -2.58. The van der Waals surface area contributed by atoms with Gasteiger partial charge < -0.3 is 14.8 Å². The number of nitrogens with one attached hydrogen (secondary N) is 1. The molecule has 0 spiro atoms. The number of benzene rings is 2. The first-order valence-corrected chi connectivity index (χ1v) is 12.0. The molecule has 1 fully saturated rings. The second kappa shape index (κ2) is 10.2. The van der Waals surface area contributed by atoms with E-state index in [0.29, 0.717) is 29.3 Å². The number of ketones is 1. The van der Waals surface area contributed by atoms with Crippen LogP contribution in [0.25, 0.3) is 0 Å². The lowest BCUT2D eigenvalue weighted by atomic mass is 10.0. The number of rotatable bonds is 9. The van der Waals surface area contributed by atoms with Gasteiger partial charge in [0, 0.05) is 23.8 Å². The second-order valence-electron chi connectivity index (χ2n) is 7.54. The van der Waals surface area contributed by atoms with E-state index in [1.807, 2.05) is 6.92 Å². The molecule has 0 saturated carbocycles. The summed E-state index contributed by atoms with van der Waals surface area (Å²) < 4.78 is 38.2. The van der Waals surface area contributed by atoms with Crippen LogP contribution >= 0.6 is 0 Å². The highest BCUT2D eigenvalue weighted by molar-refractivity contribution is 7.89. The predicted molar refractivity (Wildman–Crippen MR) is 121 cm³/mol. The third-order valence-electron chi connectivity index (χ3n) is 5.66. The highest BCUT2D eigenvalue weighted by Crippen LogP contribution is 2.29. The first kappa shape index (κ1) is 23.1. The number of anilines is 1. The van der Waals surface area contributed by atoms with Gasteiger partial charge in [-0.15, -0.1) is 0 Å². The average molecular weight is 447 g/mol. The van der Waals surface area contributed by atoms with Gasteiger partial charge in [0.05, 0.1) is 25.7 Å². The van der Waals surface area contributed by atoms with Gasteiger partial charge in [0.25, 0.3) is 0 Å². The van der Waals surface area contributed by atoms with E-state index in [4.69, 9.17) is 9.47 Å². The Morgan fingerprint density at radius 1 is 1.06 bits per heavy atom. The third kappa shape index (κ3) is 5.19. The summed E-state index contributed by atoms with van der Waals surface area (Å²) in [6, 6.07) is 11.7. The van der Waals surface area contributed by atoms with Crippen molar-refractivity contribution < 1.29 is 22.7 Å². The minimum atomic E-state index is -3.52. The maximum atomic E-state index is 13.1. The summed E-state index contributed by atoms with van der Waals surface area (Å²) in [7, 11) is -0.455. The molecule has 1 atom stereocenters. The number of sulfonamides is 1. The quantitative estimate of drug-likeness (QED) is 0.587. The minimum Gasteiger partial charge on any atom is -0.493 e. The first-order valence-electron chi connectivity index (χ1n) is 10.5. The number of methoxy groups -OCH3 is 2. The molecule has 8 heteroatoms. The zero-order valence-electron chi connectivity index (χ0n) is 18.3. The molecule has 1 saturated heterocycles. The maximum absolute atomic E-state index is 13.1. The molecule has 1 aliphatic rings. The van der Waals surface area contributed by atoms with Crippen LogP contribution in [0.4, 0.5) is 5.69 Å². The molecule has 0 amide bonds. The van der Waals surface area contributed by atoms with Crippen LogP contribution in [0.15, 0.2) is 47.4 Å². The van der Waals surface area contributed by atoms with E-state index < -0.39 is 10.0 Å². The molecule has 3 rings (SSSR count). The van der Waals surface area contributed by atoms with Gasteiger partial charge >= 0.3 is 0 Å². The standard InChI is InChI=1S/C23H30N2O5S/c1-4-19-7-5-6-14-25(19)31(27,28)20-11-9-18(10-12-20)24-16-21(26)17-8-13-22(29-2)23(15-17)30-3/h8-13,15,19,24H,4-7,14,16H2,1-3H3. The van der Waals surface area contributed by atoms with Crippen LogP contribution in [0.2, 0.25) is 0 Å². The minimum absolute atomic E-state index is 0.0654. The molecular weight excluding hydrogens is 416 g/mol. The Kier molecular flexibility index (Phi) is 7.56. The van der Waals surface area contributed by atoms with E-state index in [9.17, 15) is 13.2 Å². The molecule has 2 aromatic rings. The van der Waals surface area contributed by atoms with Crippen molar-refractivity contribution in [3.8, 4) is 11.5 Å². The van der Waals surface area contributed by atoms with Crippen molar-refractivity contribution in [1.29, 1.82) is 0 Å². The fourth-order valence-corrected chi connectivity index (χ4v) is 5.64. The topological polar surface area (TPSA) is 84.9 Å². The SMILES string of the molecule is CCC1CCCCN1S(=O)(=O)c1ccc(NCC(=O)c2ccc(OC)c(OC)c2)cc1. The lowest BCUT2D eigenvalue weighted by molar-refractivity contribution is 0.101. The molecule has 1 N–H and O–H groups in total. The van der Waals surface area contributed by atoms with Crippen molar-refractivity contribution in [2.45, 2.75) is 43.5 Å². The van der Waals surface area contributed by atoms with Gasteiger partial charge in [0.2, 0.25) is 10.0 Å². The number of ether oxygens (including phenoxy) is 2. The van der Waals surface area contributed by atoms with Gasteiger partial charge in [-0.3, -0.25) is 4.79 Å². The highest BCUT2D eigenvalue weighted by atomic mass is 32.2. The van der Waals surface area contributed by atoms with Crippen LogP contribution in [0.5, 0.6) is 11.5 Å². The van der Waals surface area contributed by atoms with E-state index in [1.54, 1.807) is 53.9 Å². The van der Waals surface area contributed by atoms with E-state index in [2.05, 4.69) is 5.32 Å². The summed E-state index contributed by atoms with van der Waals surface area (Å²) >= 11 is 0. The zero-order chi connectivity index (χ0) is 22.4. The zero-order valence-corrected chi connectivity index (χ0v) is 19.1. The van der Waals surface area contributed by atoms with E-state index in [0.717, 1.165) is 25.7 Å². The summed E-state index contributed by atoms with van der Waals surface area (Å²) in [6.45, 7) is 2.67. The fraction of sp³-hybridized carbons (Fsp3) is 0.435. The van der Waals surface area contributed by atoms with Crippen molar-refractivity contribution in [2.24, 2.45) is 0 Å². The Labute approximate surface area is 184 Å². The van der Waals surface area contributed by atoms with Crippen LogP contribution in [0.3, 0.4) is 0 Å². The number of carbonyl (C=O) groups is 1. The van der Waals surface area contributed by atoms with Crippen molar-refractivity contribution in [1.82, 2.24) is 4.31 Å². The van der Waals surface area contributed by atoms with E-state index in [1.165, 1.54) is 7.11 Å². The van der Waals surface area contributed by atoms with Crippen LogP contribution in [0, 0.1) is 0 Å². The monoisotopic (exact) mass is 446 g/mol. The predicted octanol–water partition coefficient (Wildman–Crippen LogP) is 3.95. The van der Waals surface area contributed by atoms with Crippen LogP contribution in [0.1, 0.15) is 43.0 Å². The second-order valence-corrected chi connectivity index (χ2v) is 9.44. The molecule has 31 heavy (non-hydrogen) atoms. The summed E-state index contributed by atoms with van der Waals surface area (Å²) in [6.07, 6.45) is 3.69. The third-order valence-corrected chi connectivity index (χ3v) is 7.63. The molecule has 168 valence electrons. The molecule has 0 aliphatic carbocycles. The largest absolute Gasteiger partial charge is 0.493 e. The average Bonchev–Trinajstić information content (AvgIpc) is 2.82. The van der Waals surface area contributed by atoms with Crippen molar-refractivity contribution in [2.75, 3.05) is 32.6 Å². The maximum Gasteiger partial charge on any atom is 0.243 e. The molecule has 0 bridgehead atoms. The molecule has 1 heterocycles. The summed E-state index contributed by atoms with van der Waals surface area (Å²) in [4.78, 5) is 12.8. The molecule has 1 unspecified atom stereocenters. The van der Waals surface area contributed by atoms with Gasteiger partial charge in [-0.05, 0) is 61.7 Å². The van der Waals surface area contributed by atoms with Gasteiger partial charge in [-0.2, -0.15) is 4.31 Å². The number of piperidine rings is 1. The Morgan fingerprint density at radius 2 is 1.77 bits per heavy atom. The van der Waals surface area contributed by atoms with Crippen LogP contribution in [-0.2, 0) is 10.0 Å². The van der Waals surface area contributed by atoms with Crippen LogP contribution in [-0.4, -0.2) is 51.9 Å². The first-order chi connectivity index (χ1) is 14.9. The molecule has 7 nitrogen and oxygen atoms in total. The number of nitrogens with zero attached hydrogens (tertiary/aromatic N) is 1. The number of hydrogen-bond donors (Lipinski definition) is 1. The fourth-order valence-electron chi connectivity index (χ4n) is 3.87. The summed E-state index contributed by atoms with van der Waals surface area (Å²) in [5.74, 6) is 0.936. The highest BCUT2D eigenvalue weighted by Gasteiger charge is 2.32. The van der Waals surface area contributed by atoms with Gasteiger partial charge in [0.15, 0.2) is 17.3 Å². The molecule has 0 aromatic heterocycles. The van der Waals surface area contributed by atoms with E-state index >= 15 is 0 Å². The van der Waals surface area contributed by atoms with Crippen molar-refractivity contribution in [3.63, 3.8) is 0 Å². The number of hydrogen-bond acceptors (Lipinski definition) is 6. The Bertz CT molecular complexity index is 1010. The summed E-state index contributed by atoms with van der Waals surface area (Å²) in [5.41, 5.74) is 1.18. The number of carbonyl (C=O) groups excluding carboxylic acids is 1.